The Morgan fingerprint density at radius 2 is 1.93 bits per heavy atom. The Hall–Kier alpha value is -1.92. The highest BCUT2D eigenvalue weighted by Crippen LogP contribution is 2.40. The molecule has 1 aromatic carbocycles. The van der Waals surface area contributed by atoms with Crippen LogP contribution in [0.4, 0.5) is 0 Å². The van der Waals surface area contributed by atoms with Crippen molar-refractivity contribution in [1.82, 2.24) is 15.3 Å². The minimum atomic E-state index is -0.230. The quantitative estimate of drug-likeness (QED) is 0.440. The van der Waals surface area contributed by atoms with E-state index in [1.807, 2.05) is 44.2 Å². The molecule has 0 fully saturated rings. The molecule has 2 aromatic heterocycles. The molecule has 0 saturated carbocycles. The van der Waals surface area contributed by atoms with Gasteiger partial charge in [0.15, 0.2) is 5.82 Å². The van der Waals surface area contributed by atoms with Crippen LogP contribution in [-0.2, 0) is 17.6 Å². The zero-order chi connectivity index (χ0) is 20.6. The monoisotopic (exact) mass is 425 g/mol. The van der Waals surface area contributed by atoms with Crippen LogP contribution in [0.25, 0.3) is 21.6 Å². The number of aryl methyl sites for hydroxylation is 3. The van der Waals surface area contributed by atoms with Crippen molar-refractivity contribution in [3.8, 4) is 11.4 Å². The standard InChI is InChI=1S/C23H27N3OS2/c1-14-9-5-6-10-15(14)20-24-21(28-13-18(27)26-23(2,3)4)19-16-11-7-8-12-17(16)29-22(19)25-20/h5-6,9-10H,7-8,11-13H2,1-4H3,(H,26,27). The maximum atomic E-state index is 12.4. The predicted octanol–water partition coefficient (Wildman–Crippen LogP) is 5.55. The number of fused-ring (bicyclic) bond motifs is 3. The van der Waals surface area contributed by atoms with Crippen molar-refractivity contribution in [1.29, 1.82) is 0 Å². The average Bonchev–Trinajstić information content (AvgIpc) is 3.03. The summed E-state index contributed by atoms with van der Waals surface area (Å²) < 4.78 is 0. The highest BCUT2D eigenvalue weighted by atomic mass is 32.2. The number of carbonyl (C=O) groups is 1. The fourth-order valence-corrected chi connectivity index (χ4v) is 5.94. The van der Waals surface area contributed by atoms with Gasteiger partial charge in [-0.05, 0) is 64.5 Å². The Morgan fingerprint density at radius 3 is 2.69 bits per heavy atom. The van der Waals surface area contributed by atoms with E-state index in [0.29, 0.717) is 5.75 Å². The number of amides is 1. The van der Waals surface area contributed by atoms with Gasteiger partial charge < -0.3 is 5.32 Å². The van der Waals surface area contributed by atoms with Crippen LogP contribution in [0.1, 0.15) is 49.6 Å². The Bertz CT molecular complexity index is 1070. The number of nitrogens with zero attached hydrogens (tertiary/aromatic N) is 2. The lowest BCUT2D eigenvalue weighted by Gasteiger charge is -2.20. The van der Waals surface area contributed by atoms with E-state index in [4.69, 9.17) is 9.97 Å². The lowest BCUT2D eigenvalue weighted by Crippen LogP contribution is -2.41. The van der Waals surface area contributed by atoms with Crippen LogP contribution >= 0.6 is 23.1 Å². The van der Waals surface area contributed by atoms with Gasteiger partial charge in [0.05, 0.1) is 5.75 Å². The fourth-order valence-electron chi connectivity index (χ4n) is 3.76. The maximum absolute atomic E-state index is 12.4. The topological polar surface area (TPSA) is 54.9 Å². The van der Waals surface area contributed by atoms with Crippen molar-refractivity contribution >= 4 is 39.2 Å². The first-order chi connectivity index (χ1) is 13.8. The molecule has 0 bridgehead atoms. The molecule has 0 radical (unpaired) electrons. The molecule has 1 aliphatic rings. The van der Waals surface area contributed by atoms with E-state index in [9.17, 15) is 4.79 Å². The number of hydrogen-bond donors (Lipinski definition) is 1. The second kappa shape index (κ2) is 8.07. The van der Waals surface area contributed by atoms with Gasteiger partial charge in [-0.15, -0.1) is 11.3 Å². The zero-order valence-electron chi connectivity index (χ0n) is 17.5. The summed E-state index contributed by atoms with van der Waals surface area (Å²) in [5.41, 5.74) is 3.40. The van der Waals surface area contributed by atoms with Gasteiger partial charge >= 0.3 is 0 Å². The first-order valence-electron chi connectivity index (χ1n) is 10.1. The van der Waals surface area contributed by atoms with E-state index in [2.05, 4.69) is 24.4 Å². The molecular formula is C23H27N3OS2. The molecular weight excluding hydrogens is 398 g/mol. The van der Waals surface area contributed by atoms with E-state index < -0.39 is 0 Å². The largest absolute Gasteiger partial charge is 0.351 e. The molecule has 4 rings (SSSR count). The number of nitrogens with one attached hydrogen (secondary N) is 1. The van der Waals surface area contributed by atoms with Crippen LogP contribution in [0.5, 0.6) is 0 Å². The maximum Gasteiger partial charge on any atom is 0.230 e. The molecule has 4 nitrogen and oxygen atoms in total. The molecule has 29 heavy (non-hydrogen) atoms. The second-order valence-corrected chi connectivity index (χ2v) is 10.7. The fraction of sp³-hybridized carbons (Fsp3) is 0.435. The number of carbonyl (C=O) groups excluding carboxylic acids is 1. The van der Waals surface area contributed by atoms with Crippen molar-refractivity contribution in [2.24, 2.45) is 0 Å². The van der Waals surface area contributed by atoms with E-state index in [1.54, 1.807) is 0 Å². The molecule has 3 aromatic rings. The summed E-state index contributed by atoms with van der Waals surface area (Å²) in [5.74, 6) is 1.16. The first kappa shape index (κ1) is 20.4. The number of aromatic nitrogens is 2. The summed E-state index contributed by atoms with van der Waals surface area (Å²) in [6.07, 6.45) is 4.68. The predicted molar refractivity (Wildman–Crippen MR) is 123 cm³/mol. The summed E-state index contributed by atoms with van der Waals surface area (Å²) in [6, 6.07) is 8.23. The molecule has 1 amide bonds. The summed E-state index contributed by atoms with van der Waals surface area (Å²) in [7, 11) is 0. The van der Waals surface area contributed by atoms with Crippen molar-refractivity contribution in [3.05, 3.63) is 40.3 Å². The summed E-state index contributed by atoms with van der Waals surface area (Å²) in [4.78, 5) is 24.8. The lowest BCUT2D eigenvalue weighted by molar-refractivity contribution is -0.119. The molecule has 1 aliphatic carbocycles. The number of rotatable bonds is 4. The Morgan fingerprint density at radius 1 is 1.17 bits per heavy atom. The number of thioether (sulfide) groups is 1. The molecule has 2 heterocycles. The van der Waals surface area contributed by atoms with Crippen LogP contribution in [0.15, 0.2) is 29.3 Å². The summed E-state index contributed by atoms with van der Waals surface area (Å²) in [6.45, 7) is 8.10. The van der Waals surface area contributed by atoms with E-state index in [-0.39, 0.29) is 11.4 Å². The summed E-state index contributed by atoms with van der Waals surface area (Å²) >= 11 is 3.34. The zero-order valence-corrected chi connectivity index (χ0v) is 19.1. The van der Waals surface area contributed by atoms with Crippen LogP contribution in [0, 0.1) is 6.92 Å². The lowest BCUT2D eigenvalue weighted by atomic mass is 9.97. The number of thiophene rings is 1. The highest BCUT2D eigenvalue weighted by molar-refractivity contribution is 8.00. The summed E-state index contributed by atoms with van der Waals surface area (Å²) in [5, 5.41) is 5.17. The third kappa shape index (κ3) is 4.48. The van der Waals surface area contributed by atoms with Crippen molar-refractivity contribution in [3.63, 3.8) is 0 Å². The van der Waals surface area contributed by atoms with Crippen LogP contribution in [0.3, 0.4) is 0 Å². The SMILES string of the molecule is Cc1ccccc1-c1nc(SCC(=O)NC(C)(C)C)c2c3c(sc2n1)CCCC3. The first-order valence-corrected chi connectivity index (χ1v) is 11.9. The van der Waals surface area contributed by atoms with Crippen LogP contribution < -0.4 is 5.32 Å². The van der Waals surface area contributed by atoms with Crippen LogP contribution in [0.2, 0.25) is 0 Å². The van der Waals surface area contributed by atoms with Crippen LogP contribution in [-0.4, -0.2) is 27.2 Å². The molecule has 0 saturated heterocycles. The van der Waals surface area contributed by atoms with E-state index >= 15 is 0 Å². The second-order valence-electron chi connectivity index (χ2n) is 8.65. The Kier molecular flexibility index (Phi) is 5.67. The number of hydrogen-bond acceptors (Lipinski definition) is 5. The van der Waals surface area contributed by atoms with Gasteiger partial charge in [-0.2, -0.15) is 0 Å². The van der Waals surface area contributed by atoms with Crippen molar-refractivity contribution < 1.29 is 4.79 Å². The minimum Gasteiger partial charge on any atom is -0.351 e. The van der Waals surface area contributed by atoms with Gasteiger partial charge in [-0.25, -0.2) is 9.97 Å². The Labute approximate surface area is 180 Å². The minimum absolute atomic E-state index is 0.0378. The molecule has 152 valence electrons. The van der Waals surface area contributed by atoms with Gasteiger partial charge in [-0.3, -0.25) is 4.79 Å². The van der Waals surface area contributed by atoms with E-state index in [0.717, 1.165) is 39.6 Å². The van der Waals surface area contributed by atoms with Gasteiger partial charge in [0.1, 0.15) is 9.86 Å². The molecule has 6 heteroatoms. The molecule has 0 aliphatic heterocycles. The van der Waals surface area contributed by atoms with Gasteiger partial charge in [0, 0.05) is 21.4 Å². The Balaban J connectivity index is 1.76. The highest BCUT2D eigenvalue weighted by Gasteiger charge is 2.23. The molecule has 0 spiro atoms. The van der Waals surface area contributed by atoms with Gasteiger partial charge in [-0.1, -0.05) is 36.0 Å². The van der Waals surface area contributed by atoms with Gasteiger partial charge in [0.25, 0.3) is 0 Å². The molecule has 0 atom stereocenters. The average molecular weight is 426 g/mol. The normalized spacial score (nSPS) is 14.1. The molecule has 1 N–H and O–H groups in total. The smallest absolute Gasteiger partial charge is 0.230 e. The van der Waals surface area contributed by atoms with Crippen molar-refractivity contribution in [2.75, 3.05) is 5.75 Å². The van der Waals surface area contributed by atoms with Crippen molar-refractivity contribution in [2.45, 2.75) is 63.9 Å². The molecule has 0 unspecified atom stereocenters. The third-order valence-electron chi connectivity index (χ3n) is 5.02. The third-order valence-corrected chi connectivity index (χ3v) is 7.18. The van der Waals surface area contributed by atoms with E-state index in [1.165, 1.54) is 40.4 Å². The van der Waals surface area contributed by atoms with Gasteiger partial charge in [0.2, 0.25) is 5.91 Å². The number of benzene rings is 1.